The fraction of sp³-hybridized carbons (Fsp3) is 0.833. The van der Waals surface area contributed by atoms with Gasteiger partial charge in [-0.25, -0.2) is 0 Å². The lowest BCUT2D eigenvalue weighted by molar-refractivity contribution is -0.139. The van der Waals surface area contributed by atoms with Crippen molar-refractivity contribution in [2.75, 3.05) is 19.6 Å². The summed E-state index contributed by atoms with van der Waals surface area (Å²) in [5, 5.41) is 68.2. The molecule has 4 saturated heterocycles. The molecule has 3 amide bonds. The van der Waals surface area contributed by atoms with E-state index >= 15 is 0 Å². The molecule has 4 aliphatic rings. The number of carbonyl (C=O) groups is 3. The van der Waals surface area contributed by atoms with E-state index in [1.54, 1.807) is 0 Å². The van der Waals surface area contributed by atoms with Gasteiger partial charge in [-0.3, -0.25) is 14.4 Å². The number of amides is 3. The van der Waals surface area contributed by atoms with Gasteiger partial charge in [0.05, 0.1) is 0 Å². The van der Waals surface area contributed by atoms with Crippen LogP contribution < -0.4 is 16.0 Å². The number of aliphatic hydroxyl groups is 6. The van der Waals surface area contributed by atoms with Gasteiger partial charge in [0.1, 0.15) is 54.9 Å². The molecule has 0 spiro atoms. The quantitative estimate of drug-likeness (QED) is 0.158. The van der Waals surface area contributed by atoms with Crippen molar-refractivity contribution in [3.63, 3.8) is 0 Å². The van der Waals surface area contributed by atoms with Crippen LogP contribution in [-0.4, -0.2) is 141 Å². The molecule has 0 aromatic rings. The summed E-state index contributed by atoms with van der Waals surface area (Å²) in [4.78, 5) is 37.3. The molecule has 15 heteroatoms. The van der Waals surface area contributed by atoms with Gasteiger partial charge in [-0.05, 0) is 0 Å². The standard InChI is InChI=1S/C18H27N3O12/c22-7-4-1-19-16(28)13-11(26)8(23)5(32-13)2-21-18(30)15-12(27)9(24)6(33-15)3-20-17(29)14(31-4)10(7)25/h4-15,22-27H,1-3H2,(H,19,28)(H,20,29)(H,21,30)/t4-,5-,6-,7+,8+,9+,10+,11+,12+,13+,14+,15+/m1/s1. The van der Waals surface area contributed by atoms with Gasteiger partial charge in [0.2, 0.25) is 0 Å². The first-order chi connectivity index (χ1) is 15.6. The Bertz CT molecular complexity index is 685. The van der Waals surface area contributed by atoms with Crippen LogP contribution in [0.25, 0.3) is 0 Å². The van der Waals surface area contributed by atoms with Gasteiger partial charge in [0, 0.05) is 19.6 Å². The molecular formula is C18H27N3O12. The molecule has 4 fully saturated rings. The Morgan fingerprint density at radius 3 is 0.970 bits per heavy atom. The van der Waals surface area contributed by atoms with Crippen LogP contribution in [-0.2, 0) is 28.6 Å². The number of ether oxygens (including phenoxy) is 3. The summed E-state index contributed by atoms with van der Waals surface area (Å²) < 4.78 is 16.1. The summed E-state index contributed by atoms with van der Waals surface area (Å²) in [5.41, 5.74) is 0. The first-order valence-corrected chi connectivity index (χ1v) is 10.5. The molecule has 4 aliphatic heterocycles. The first-order valence-electron chi connectivity index (χ1n) is 10.5. The molecule has 0 aliphatic carbocycles. The molecule has 0 saturated carbocycles. The summed E-state index contributed by atoms with van der Waals surface area (Å²) in [6.07, 6.45) is -17.5. The largest absolute Gasteiger partial charge is 0.388 e. The summed E-state index contributed by atoms with van der Waals surface area (Å²) >= 11 is 0. The molecule has 186 valence electrons. The van der Waals surface area contributed by atoms with Gasteiger partial charge < -0.3 is 60.8 Å². The van der Waals surface area contributed by atoms with Crippen molar-refractivity contribution in [2.45, 2.75) is 73.2 Å². The third-order valence-corrected chi connectivity index (χ3v) is 6.29. The molecule has 0 radical (unpaired) electrons. The zero-order chi connectivity index (χ0) is 24.0. The van der Waals surface area contributed by atoms with E-state index in [2.05, 4.69) is 16.0 Å². The summed E-state index contributed by atoms with van der Waals surface area (Å²) in [7, 11) is 0. The second-order valence-electron chi connectivity index (χ2n) is 8.46. The Labute approximate surface area is 186 Å². The minimum absolute atomic E-state index is 0.344. The van der Waals surface area contributed by atoms with Crippen molar-refractivity contribution in [1.82, 2.24) is 16.0 Å². The van der Waals surface area contributed by atoms with Crippen molar-refractivity contribution in [2.24, 2.45) is 0 Å². The van der Waals surface area contributed by atoms with Crippen molar-refractivity contribution >= 4 is 17.7 Å². The molecular weight excluding hydrogens is 450 g/mol. The highest BCUT2D eigenvalue weighted by molar-refractivity contribution is 5.83. The molecule has 9 N–H and O–H groups in total. The van der Waals surface area contributed by atoms with Crippen LogP contribution in [0.2, 0.25) is 0 Å². The van der Waals surface area contributed by atoms with Crippen LogP contribution in [0.5, 0.6) is 0 Å². The zero-order valence-corrected chi connectivity index (χ0v) is 17.2. The molecule has 33 heavy (non-hydrogen) atoms. The van der Waals surface area contributed by atoms with E-state index in [4.69, 9.17) is 14.2 Å². The van der Waals surface area contributed by atoms with Gasteiger partial charge in [-0.1, -0.05) is 0 Å². The third kappa shape index (κ3) is 4.43. The number of carbonyl (C=O) groups excluding carboxylic acids is 3. The monoisotopic (exact) mass is 477 g/mol. The third-order valence-electron chi connectivity index (χ3n) is 6.29. The minimum Gasteiger partial charge on any atom is -0.388 e. The van der Waals surface area contributed by atoms with E-state index in [1.165, 1.54) is 0 Å². The fourth-order valence-corrected chi connectivity index (χ4v) is 4.31. The molecule has 12 atom stereocenters. The normalized spacial score (nSPS) is 49.1. The molecule has 15 nitrogen and oxygen atoms in total. The SMILES string of the molecule is O=C1NC[C@H]2O[C@H](C(=O)NC[C@H]3O[C@H](C(=O)NC[C@H]4O[C@H]1[C@@H](O)[C@H]4O)[C@@H](O)[C@H]3O)[C@@H](O)[C@H]2O. The second kappa shape index (κ2) is 9.36. The number of hydrogen-bond donors (Lipinski definition) is 9. The summed E-state index contributed by atoms with van der Waals surface area (Å²) in [6, 6.07) is 0. The smallest absolute Gasteiger partial charge is 0.252 e. The Balaban J connectivity index is 1.54. The fourth-order valence-electron chi connectivity index (χ4n) is 4.31. The van der Waals surface area contributed by atoms with Crippen LogP contribution in [0.4, 0.5) is 0 Å². The molecule has 6 bridgehead atoms. The van der Waals surface area contributed by atoms with Crippen molar-refractivity contribution in [3.05, 3.63) is 0 Å². The lowest BCUT2D eigenvalue weighted by atomic mass is 10.1. The number of fused-ring (bicyclic) bond motifs is 6. The van der Waals surface area contributed by atoms with Gasteiger partial charge in [-0.15, -0.1) is 0 Å². The topological polar surface area (TPSA) is 236 Å². The van der Waals surface area contributed by atoms with Gasteiger partial charge in [-0.2, -0.15) is 0 Å². The Kier molecular flexibility index (Phi) is 6.86. The maximum Gasteiger partial charge on any atom is 0.252 e. The second-order valence-corrected chi connectivity index (χ2v) is 8.46. The maximum absolute atomic E-state index is 12.4. The van der Waals surface area contributed by atoms with Crippen LogP contribution in [0.15, 0.2) is 0 Å². The van der Waals surface area contributed by atoms with Crippen LogP contribution >= 0.6 is 0 Å². The number of aliphatic hydroxyl groups excluding tert-OH is 6. The number of nitrogens with one attached hydrogen (secondary N) is 3. The Morgan fingerprint density at radius 2 is 0.727 bits per heavy atom. The molecule has 4 rings (SSSR count). The minimum atomic E-state index is -1.63. The summed E-state index contributed by atoms with van der Waals surface area (Å²) in [6.45, 7) is -1.03. The van der Waals surface area contributed by atoms with Crippen molar-refractivity contribution in [3.8, 4) is 0 Å². The lowest BCUT2D eigenvalue weighted by Gasteiger charge is -2.20. The highest BCUT2D eigenvalue weighted by Crippen LogP contribution is 2.25. The first kappa shape index (κ1) is 24.2. The van der Waals surface area contributed by atoms with E-state index in [-0.39, 0.29) is 19.6 Å². The average molecular weight is 477 g/mol. The van der Waals surface area contributed by atoms with Crippen molar-refractivity contribution in [1.29, 1.82) is 0 Å². The van der Waals surface area contributed by atoms with Crippen molar-refractivity contribution < 1.29 is 59.2 Å². The predicted octanol–water partition coefficient (Wildman–Crippen LogP) is -7.18. The lowest BCUT2D eigenvalue weighted by Crippen LogP contribution is -2.47. The highest BCUT2D eigenvalue weighted by Gasteiger charge is 2.51. The van der Waals surface area contributed by atoms with E-state index < -0.39 is 91.0 Å². The number of hydrogen-bond acceptors (Lipinski definition) is 12. The maximum atomic E-state index is 12.4. The molecule has 0 aromatic heterocycles. The zero-order valence-electron chi connectivity index (χ0n) is 17.2. The average Bonchev–Trinajstić information content (AvgIpc) is 3.35. The van der Waals surface area contributed by atoms with Crippen LogP contribution in [0.3, 0.4) is 0 Å². The Hall–Kier alpha value is -1.95. The predicted molar refractivity (Wildman–Crippen MR) is 101 cm³/mol. The van der Waals surface area contributed by atoms with Gasteiger partial charge in [0.25, 0.3) is 17.7 Å². The highest BCUT2D eigenvalue weighted by atomic mass is 16.6. The molecule has 0 aromatic carbocycles. The van der Waals surface area contributed by atoms with E-state index in [0.29, 0.717) is 0 Å². The number of rotatable bonds is 0. The molecule has 0 unspecified atom stereocenters. The summed E-state index contributed by atoms with van der Waals surface area (Å²) in [5.74, 6) is -2.56. The van der Waals surface area contributed by atoms with E-state index in [0.717, 1.165) is 0 Å². The van der Waals surface area contributed by atoms with E-state index in [9.17, 15) is 45.0 Å². The van der Waals surface area contributed by atoms with Crippen LogP contribution in [0, 0.1) is 0 Å². The van der Waals surface area contributed by atoms with Gasteiger partial charge in [0.15, 0.2) is 18.3 Å². The molecule has 4 heterocycles. The van der Waals surface area contributed by atoms with Crippen LogP contribution in [0.1, 0.15) is 0 Å². The van der Waals surface area contributed by atoms with E-state index in [1.807, 2.05) is 0 Å². The van der Waals surface area contributed by atoms with Gasteiger partial charge >= 0.3 is 0 Å². The Morgan fingerprint density at radius 1 is 0.485 bits per heavy atom.